The van der Waals surface area contributed by atoms with E-state index in [9.17, 15) is 4.39 Å². The van der Waals surface area contributed by atoms with Crippen LogP contribution in [0, 0.1) is 5.82 Å². The maximum Gasteiger partial charge on any atom is 0.197 e. The van der Waals surface area contributed by atoms with Gasteiger partial charge in [-0.25, -0.2) is 19.3 Å². The lowest BCUT2D eigenvalue weighted by Gasteiger charge is -2.10. The number of hydrogen-bond acceptors (Lipinski definition) is 6. The molecule has 0 amide bonds. The van der Waals surface area contributed by atoms with Gasteiger partial charge in [0.25, 0.3) is 0 Å². The minimum Gasteiger partial charge on any atom is -0.384 e. The number of nitrogens with two attached hydrogens (primary N) is 1. The van der Waals surface area contributed by atoms with Crippen LogP contribution in [0.4, 0.5) is 10.2 Å². The molecule has 0 unspecified atom stereocenters. The summed E-state index contributed by atoms with van der Waals surface area (Å²) in [6.07, 6.45) is 4.49. The molecule has 7 nitrogen and oxygen atoms in total. The molecule has 1 aliphatic heterocycles. The Morgan fingerprint density at radius 1 is 1.14 bits per heavy atom. The van der Waals surface area contributed by atoms with Gasteiger partial charge in [0, 0.05) is 37.6 Å². The Bertz CT molecular complexity index is 865. The number of aromatic nitrogens is 4. The fourth-order valence-corrected chi connectivity index (χ4v) is 2.76. The summed E-state index contributed by atoms with van der Waals surface area (Å²) in [5, 5.41) is 3.16. The summed E-state index contributed by atoms with van der Waals surface area (Å²) >= 11 is 0. The number of rotatable bonds is 4. The molecule has 0 saturated carbocycles. The number of benzene rings is 1. The van der Waals surface area contributed by atoms with Gasteiger partial charge in [0.2, 0.25) is 0 Å². The van der Waals surface area contributed by atoms with Gasteiger partial charge in [-0.05, 0) is 36.8 Å². The number of anilines is 1. The highest BCUT2D eigenvalue weighted by molar-refractivity contribution is 5.62. The van der Waals surface area contributed by atoms with E-state index in [2.05, 4.69) is 27.2 Å². The van der Waals surface area contributed by atoms with E-state index in [0.717, 1.165) is 50.5 Å². The van der Waals surface area contributed by atoms with Gasteiger partial charge in [0.15, 0.2) is 11.6 Å². The first-order valence-corrected chi connectivity index (χ1v) is 9.38. The maximum atomic E-state index is 13.1. The van der Waals surface area contributed by atoms with Gasteiger partial charge >= 0.3 is 0 Å². The van der Waals surface area contributed by atoms with Crippen LogP contribution in [-0.4, -0.2) is 45.8 Å². The Balaban J connectivity index is 0.000000320. The molecule has 1 aromatic carbocycles. The number of nitrogens with zero attached hydrogens (tertiary/aromatic N) is 4. The second-order valence-corrected chi connectivity index (χ2v) is 6.32. The lowest BCUT2D eigenvalue weighted by molar-refractivity contribution is 0.109. The van der Waals surface area contributed by atoms with Crippen molar-refractivity contribution in [1.82, 2.24) is 24.8 Å². The zero-order chi connectivity index (χ0) is 19.8. The van der Waals surface area contributed by atoms with Crippen LogP contribution in [-0.2, 0) is 11.3 Å². The first-order chi connectivity index (χ1) is 13.7. The van der Waals surface area contributed by atoms with Gasteiger partial charge in [0.05, 0.1) is 18.9 Å². The molecule has 3 heterocycles. The molecule has 0 aliphatic carbocycles. The normalized spacial score (nSPS) is 13.6. The third-order valence-corrected chi connectivity index (χ3v) is 4.10. The lowest BCUT2D eigenvalue weighted by atomic mass is 10.2. The highest BCUT2D eigenvalue weighted by atomic mass is 19.1. The third kappa shape index (κ3) is 5.34. The van der Waals surface area contributed by atoms with E-state index in [-0.39, 0.29) is 5.82 Å². The first kappa shape index (κ1) is 19.9. The second kappa shape index (κ2) is 9.91. The summed E-state index contributed by atoms with van der Waals surface area (Å²) in [5.74, 6) is 1.28. The highest BCUT2D eigenvalue weighted by Crippen LogP contribution is 2.24. The predicted octanol–water partition coefficient (Wildman–Crippen LogP) is 2.74. The Kier molecular flexibility index (Phi) is 7.05. The number of hydrogen-bond donors (Lipinski definition) is 2. The van der Waals surface area contributed by atoms with Crippen molar-refractivity contribution >= 4 is 5.82 Å². The fourth-order valence-electron chi connectivity index (χ4n) is 2.76. The van der Waals surface area contributed by atoms with Gasteiger partial charge in [-0.1, -0.05) is 6.92 Å². The van der Waals surface area contributed by atoms with Crippen LogP contribution in [0.25, 0.3) is 22.9 Å². The molecule has 1 saturated heterocycles. The van der Waals surface area contributed by atoms with Crippen LogP contribution in [0.1, 0.15) is 13.3 Å². The largest absolute Gasteiger partial charge is 0.384 e. The summed E-state index contributed by atoms with van der Waals surface area (Å²) in [6, 6.07) is 7.89. The first-order valence-electron chi connectivity index (χ1n) is 9.38. The number of nitrogen functional groups attached to an aromatic ring is 1. The van der Waals surface area contributed by atoms with Crippen LogP contribution in [0.5, 0.6) is 0 Å². The van der Waals surface area contributed by atoms with Gasteiger partial charge in [-0.15, -0.1) is 0 Å². The third-order valence-electron chi connectivity index (χ3n) is 4.10. The maximum absolute atomic E-state index is 13.1. The van der Waals surface area contributed by atoms with Gasteiger partial charge < -0.3 is 20.4 Å². The van der Waals surface area contributed by atoms with E-state index in [1.807, 2.05) is 10.8 Å². The van der Waals surface area contributed by atoms with Crippen molar-refractivity contribution in [3.63, 3.8) is 0 Å². The number of morpholine rings is 1. The van der Waals surface area contributed by atoms with E-state index in [4.69, 9.17) is 10.5 Å². The monoisotopic (exact) mass is 384 g/mol. The number of aryl methyl sites for hydroxylation is 1. The number of imidazole rings is 1. The molecule has 0 spiro atoms. The minimum absolute atomic E-state index is 0.267. The lowest BCUT2D eigenvalue weighted by Crippen LogP contribution is -2.30. The quantitative estimate of drug-likeness (QED) is 0.719. The molecule has 28 heavy (non-hydrogen) atoms. The molecule has 148 valence electrons. The summed E-state index contributed by atoms with van der Waals surface area (Å²) in [7, 11) is 0. The number of halogens is 1. The predicted molar refractivity (Wildman–Crippen MR) is 107 cm³/mol. The molecule has 0 atom stereocenters. The van der Waals surface area contributed by atoms with Crippen LogP contribution in [0.15, 0.2) is 42.7 Å². The molecule has 8 heteroatoms. The smallest absolute Gasteiger partial charge is 0.197 e. The highest BCUT2D eigenvalue weighted by Gasteiger charge is 2.14. The van der Waals surface area contributed by atoms with E-state index in [1.54, 1.807) is 24.4 Å². The standard InChI is InChI=1S/C16H16FN5.C4H9NO/c1-2-9-22-10-13(11-3-5-12(17)6-4-11)20-16(22)15-19-8-7-14(18)21-15;1-3-6-4-2-5-1/h3-8,10H,2,9H2,1H3,(H2,18,19,21);5H,1-4H2. The topological polar surface area (TPSA) is 90.9 Å². The van der Waals surface area contributed by atoms with E-state index < -0.39 is 0 Å². The Labute approximate surface area is 163 Å². The van der Waals surface area contributed by atoms with Crippen molar-refractivity contribution in [3.8, 4) is 22.9 Å². The Morgan fingerprint density at radius 3 is 2.46 bits per heavy atom. The van der Waals surface area contributed by atoms with E-state index in [0.29, 0.717) is 17.5 Å². The van der Waals surface area contributed by atoms with Gasteiger partial charge in [-0.2, -0.15) is 0 Å². The molecular weight excluding hydrogens is 359 g/mol. The summed E-state index contributed by atoms with van der Waals surface area (Å²) in [4.78, 5) is 13.1. The van der Waals surface area contributed by atoms with Gasteiger partial charge in [-0.3, -0.25) is 0 Å². The molecule has 1 fully saturated rings. The average molecular weight is 384 g/mol. The minimum atomic E-state index is -0.267. The van der Waals surface area contributed by atoms with Gasteiger partial charge in [0.1, 0.15) is 11.6 Å². The molecular formula is C20H25FN6O. The molecule has 0 radical (unpaired) electrons. The van der Waals surface area contributed by atoms with Crippen molar-refractivity contribution in [2.75, 3.05) is 32.0 Å². The van der Waals surface area contributed by atoms with Crippen molar-refractivity contribution < 1.29 is 9.13 Å². The van der Waals surface area contributed by atoms with Crippen LogP contribution >= 0.6 is 0 Å². The van der Waals surface area contributed by atoms with Crippen LogP contribution < -0.4 is 11.1 Å². The average Bonchev–Trinajstić information content (AvgIpc) is 3.15. The Morgan fingerprint density at radius 2 is 1.89 bits per heavy atom. The van der Waals surface area contributed by atoms with Crippen molar-refractivity contribution in [2.24, 2.45) is 0 Å². The number of ether oxygens (including phenoxy) is 1. The molecule has 0 bridgehead atoms. The molecule has 2 aromatic heterocycles. The SMILES string of the molecule is C1COCCN1.CCCn1cc(-c2ccc(F)cc2)nc1-c1nccc(N)n1. The number of nitrogens with one attached hydrogen (secondary N) is 1. The van der Waals surface area contributed by atoms with E-state index in [1.165, 1.54) is 12.1 Å². The Hall–Kier alpha value is -2.84. The zero-order valence-corrected chi connectivity index (χ0v) is 15.9. The van der Waals surface area contributed by atoms with E-state index >= 15 is 0 Å². The van der Waals surface area contributed by atoms with Crippen molar-refractivity contribution in [3.05, 3.63) is 48.5 Å². The molecule has 3 N–H and O–H groups in total. The van der Waals surface area contributed by atoms with Crippen LogP contribution in [0.3, 0.4) is 0 Å². The molecule has 4 rings (SSSR count). The fraction of sp³-hybridized carbons (Fsp3) is 0.350. The second-order valence-electron chi connectivity index (χ2n) is 6.32. The zero-order valence-electron chi connectivity index (χ0n) is 15.9. The summed E-state index contributed by atoms with van der Waals surface area (Å²) in [6.45, 7) is 6.71. The summed E-state index contributed by atoms with van der Waals surface area (Å²) < 4.78 is 20.1. The van der Waals surface area contributed by atoms with Crippen molar-refractivity contribution in [1.29, 1.82) is 0 Å². The van der Waals surface area contributed by atoms with Crippen molar-refractivity contribution in [2.45, 2.75) is 19.9 Å². The molecule has 3 aromatic rings. The molecule has 1 aliphatic rings. The van der Waals surface area contributed by atoms with Crippen LogP contribution in [0.2, 0.25) is 0 Å². The summed E-state index contributed by atoms with van der Waals surface area (Å²) in [5.41, 5.74) is 7.33.